The molecule has 0 aliphatic heterocycles. The molecule has 2 heterocycles. The summed E-state index contributed by atoms with van der Waals surface area (Å²) in [5, 5.41) is 3.38. The van der Waals surface area contributed by atoms with Gasteiger partial charge in [0.2, 0.25) is 0 Å². The van der Waals surface area contributed by atoms with E-state index in [1.54, 1.807) is 19.1 Å². The first-order valence-electron chi connectivity index (χ1n) is 6.72. The largest absolute Gasteiger partial charge is 0.462 e. The van der Waals surface area contributed by atoms with Crippen molar-refractivity contribution in [2.45, 2.75) is 27.2 Å². The number of hydrogen-bond acceptors (Lipinski definition) is 5. The zero-order valence-corrected chi connectivity index (χ0v) is 13.8. The molecule has 0 radical (unpaired) electrons. The van der Waals surface area contributed by atoms with E-state index < -0.39 is 5.97 Å². The van der Waals surface area contributed by atoms with Gasteiger partial charge in [-0.05, 0) is 38.5 Å². The van der Waals surface area contributed by atoms with E-state index in [9.17, 15) is 9.59 Å². The quantitative estimate of drug-likeness (QED) is 0.843. The number of carbonyl (C=O) groups is 2. The number of thiophene rings is 2. The Morgan fingerprint density at radius 2 is 2.00 bits per heavy atom. The third-order valence-electron chi connectivity index (χ3n) is 2.82. The average molecular weight is 323 g/mol. The lowest BCUT2D eigenvalue weighted by atomic mass is 10.2. The van der Waals surface area contributed by atoms with Crippen LogP contribution in [0.4, 0.5) is 5.00 Å². The van der Waals surface area contributed by atoms with E-state index in [-0.39, 0.29) is 5.91 Å². The highest BCUT2D eigenvalue weighted by molar-refractivity contribution is 7.17. The van der Waals surface area contributed by atoms with E-state index in [0.29, 0.717) is 22.0 Å². The number of carbonyl (C=O) groups excluding carboxylic acids is 2. The maximum Gasteiger partial charge on any atom is 0.341 e. The fourth-order valence-electron chi connectivity index (χ4n) is 1.79. The van der Waals surface area contributed by atoms with Crippen LogP contribution < -0.4 is 5.32 Å². The van der Waals surface area contributed by atoms with E-state index in [1.165, 1.54) is 22.7 Å². The van der Waals surface area contributed by atoms with Crippen LogP contribution in [0.1, 0.15) is 43.6 Å². The van der Waals surface area contributed by atoms with Crippen molar-refractivity contribution < 1.29 is 14.3 Å². The topological polar surface area (TPSA) is 55.4 Å². The van der Waals surface area contributed by atoms with Gasteiger partial charge < -0.3 is 10.1 Å². The molecule has 21 heavy (non-hydrogen) atoms. The highest BCUT2D eigenvalue weighted by Gasteiger charge is 2.19. The first-order valence-corrected chi connectivity index (χ1v) is 8.36. The first-order chi connectivity index (χ1) is 10.0. The fourth-order valence-corrected chi connectivity index (χ4v) is 3.53. The van der Waals surface area contributed by atoms with Gasteiger partial charge in [0.05, 0.1) is 17.0 Å². The third kappa shape index (κ3) is 3.71. The molecule has 0 saturated heterocycles. The first kappa shape index (κ1) is 15.7. The van der Waals surface area contributed by atoms with Crippen molar-refractivity contribution in [1.82, 2.24) is 0 Å². The molecule has 0 atom stereocenters. The Labute approximate surface area is 131 Å². The molecule has 2 aromatic heterocycles. The predicted octanol–water partition coefficient (Wildman–Crippen LogP) is 4.11. The summed E-state index contributed by atoms with van der Waals surface area (Å²) >= 11 is 2.84. The summed E-state index contributed by atoms with van der Waals surface area (Å²) in [5.41, 5.74) is 0.431. The number of rotatable bonds is 5. The number of nitrogens with one attached hydrogen (secondary N) is 1. The van der Waals surface area contributed by atoms with Crippen molar-refractivity contribution >= 4 is 39.6 Å². The minimum absolute atomic E-state index is 0.192. The minimum Gasteiger partial charge on any atom is -0.462 e. The van der Waals surface area contributed by atoms with Crippen LogP contribution in [-0.4, -0.2) is 18.5 Å². The van der Waals surface area contributed by atoms with Gasteiger partial charge in [-0.2, -0.15) is 0 Å². The summed E-state index contributed by atoms with van der Waals surface area (Å²) < 4.78 is 5.04. The number of aryl methyl sites for hydroxylation is 2. The molecule has 2 aromatic rings. The molecule has 0 fully saturated rings. The van der Waals surface area contributed by atoms with Crippen molar-refractivity contribution in [1.29, 1.82) is 0 Å². The Kier molecular flexibility index (Phi) is 5.14. The number of ether oxygens (including phenoxy) is 1. The summed E-state index contributed by atoms with van der Waals surface area (Å²) in [4.78, 5) is 26.9. The smallest absolute Gasteiger partial charge is 0.341 e. The van der Waals surface area contributed by atoms with Crippen LogP contribution in [0.25, 0.3) is 0 Å². The summed E-state index contributed by atoms with van der Waals surface area (Å²) in [6.45, 7) is 6.03. The summed E-state index contributed by atoms with van der Waals surface area (Å²) in [7, 11) is 0. The Morgan fingerprint density at radius 1 is 1.24 bits per heavy atom. The minimum atomic E-state index is -0.397. The van der Waals surface area contributed by atoms with Gasteiger partial charge in [-0.1, -0.05) is 6.92 Å². The molecular formula is C15H17NO3S2. The second-order valence-corrected chi connectivity index (χ2v) is 6.82. The maximum atomic E-state index is 12.2. The van der Waals surface area contributed by atoms with Crippen LogP contribution in [-0.2, 0) is 11.2 Å². The molecule has 0 aliphatic rings. The molecule has 6 heteroatoms. The van der Waals surface area contributed by atoms with E-state index in [1.807, 2.05) is 19.9 Å². The zero-order valence-electron chi connectivity index (χ0n) is 12.2. The van der Waals surface area contributed by atoms with E-state index in [2.05, 4.69) is 5.32 Å². The van der Waals surface area contributed by atoms with Crippen molar-refractivity contribution in [3.63, 3.8) is 0 Å². The highest BCUT2D eigenvalue weighted by Crippen LogP contribution is 2.30. The van der Waals surface area contributed by atoms with E-state index in [4.69, 9.17) is 4.74 Å². The van der Waals surface area contributed by atoms with Gasteiger partial charge in [0.15, 0.2) is 0 Å². The van der Waals surface area contributed by atoms with Crippen molar-refractivity contribution in [3.8, 4) is 0 Å². The lowest BCUT2D eigenvalue weighted by Gasteiger charge is -2.04. The molecule has 0 bridgehead atoms. The Balaban J connectivity index is 2.24. The molecular weight excluding hydrogens is 306 g/mol. The lowest BCUT2D eigenvalue weighted by Crippen LogP contribution is -2.13. The number of esters is 1. The summed E-state index contributed by atoms with van der Waals surface area (Å²) in [6, 6.07) is 5.48. The zero-order chi connectivity index (χ0) is 15.4. The molecule has 0 spiro atoms. The van der Waals surface area contributed by atoms with Crippen LogP contribution in [0.15, 0.2) is 18.2 Å². The Morgan fingerprint density at radius 3 is 2.57 bits per heavy atom. The molecule has 112 valence electrons. The standard InChI is InChI=1S/C15H17NO3S2/c1-4-10-8-11(15(18)19-5-2)14(21-10)16-13(17)12-7-6-9(3)20-12/h6-8H,4-5H2,1-3H3,(H,16,17). The van der Waals surface area contributed by atoms with Crippen molar-refractivity contribution in [2.75, 3.05) is 11.9 Å². The van der Waals surface area contributed by atoms with Crippen LogP contribution in [0.3, 0.4) is 0 Å². The number of anilines is 1. The Bertz CT molecular complexity index is 658. The number of hydrogen-bond donors (Lipinski definition) is 1. The van der Waals surface area contributed by atoms with Crippen molar-refractivity contribution in [2.24, 2.45) is 0 Å². The second kappa shape index (κ2) is 6.87. The van der Waals surface area contributed by atoms with Crippen molar-refractivity contribution in [3.05, 3.63) is 38.4 Å². The van der Waals surface area contributed by atoms with Crippen LogP contribution in [0.2, 0.25) is 0 Å². The molecule has 0 aliphatic carbocycles. The molecule has 0 saturated carbocycles. The average Bonchev–Trinajstić information content (AvgIpc) is 3.05. The van der Waals surface area contributed by atoms with E-state index >= 15 is 0 Å². The van der Waals surface area contributed by atoms with Gasteiger partial charge in [0.1, 0.15) is 5.00 Å². The summed E-state index contributed by atoms with van der Waals surface area (Å²) in [5.74, 6) is -0.589. The Hall–Kier alpha value is -1.66. The van der Waals surface area contributed by atoms with Crippen LogP contribution >= 0.6 is 22.7 Å². The maximum absolute atomic E-state index is 12.2. The molecule has 1 amide bonds. The van der Waals surface area contributed by atoms with Gasteiger partial charge in [0, 0.05) is 9.75 Å². The van der Waals surface area contributed by atoms with Crippen LogP contribution in [0, 0.1) is 6.92 Å². The van der Waals surface area contributed by atoms with Crippen LogP contribution in [0.5, 0.6) is 0 Å². The molecule has 0 unspecified atom stereocenters. The third-order valence-corrected chi connectivity index (χ3v) is 5.01. The van der Waals surface area contributed by atoms with Gasteiger partial charge in [-0.15, -0.1) is 22.7 Å². The molecule has 1 N–H and O–H groups in total. The summed E-state index contributed by atoms with van der Waals surface area (Å²) in [6.07, 6.45) is 0.811. The van der Waals surface area contributed by atoms with Gasteiger partial charge in [0.25, 0.3) is 5.91 Å². The molecule has 0 aromatic carbocycles. The fraction of sp³-hybridized carbons (Fsp3) is 0.333. The number of amides is 1. The second-order valence-electron chi connectivity index (χ2n) is 4.39. The molecule has 4 nitrogen and oxygen atoms in total. The van der Waals surface area contributed by atoms with Gasteiger partial charge in [-0.25, -0.2) is 4.79 Å². The lowest BCUT2D eigenvalue weighted by molar-refractivity contribution is 0.0528. The van der Waals surface area contributed by atoms with Gasteiger partial charge >= 0.3 is 5.97 Å². The van der Waals surface area contributed by atoms with Gasteiger partial charge in [-0.3, -0.25) is 4.79 Å². The predicted molar refractivity (Wildman–Crippen MR) is 86.7 cm³/mol. The highest BCUT2D eigenvalue weighted by atomic mass is 32.1. The normalized spacial score (nSPS) is 10.4. The SMILES string of the molecule is CCOC(=O)c1cc(CC)sc1NC(=O)c1ccc(C)s1. The van der Waals surface area contributed by atoms with E-state index in [0.717, 1.165) is 16.2 Å². The monoisotopic (exact) mass is 323 g/mol. The molecule has 2 rings (SSSR count).